The van der Waals surface area contributed by atoms with Crippen LogP contribution >= 0.6 is 0 Å². The summed E-state index contributed by atoms with van der Waals surface area (Å²) in [5.41, 5.74) is 0.635. The predicted octanol–water partition coefficient (Wildman–Crippen LogP) is 2.36. The molecule has 0 amide bonds. The summed E-state index contributed by atoms with van der Waals surface area (Å²) in [5, 5.41) is 17.2. The van der Waals surface area contributed by atoms with Crippen LogP contribution in [-0.2, 0) is 0 Å². The molecule has 4 heteroatoms. The zero-order valence-corrected chi connectivity index (χ0v) is 10.4. The van der Waals surface area contributed by atoms with Crippen LogP contribution in [0.3, 0.4) is 0 Å². The van der Waals surface area contributed by atoms with Crippen molar-refractivity contribution in [3.63, 3.8) is 0 Å². The summed E-state index contributed by atoms with van der Waals surface area (Å²) in [6, 6.07) is 4.51. The van der Waals surface area contributed by atoms with Crippen LogP contribution in [0.5, 0.6) is 0 Å². The Balaban J connectivity index is 2.17. The fourth-order valence-corrected chi connectivity index (χ4v) is 1.87. The van der Waals surface area contributed by atoms with Crippen molar-refractivity contribution in [3.8, 4) is 6.07 Å². The van der Waals surface area contributed by atoms with Gasteiger partial charge in [-0.2, -0.15) is 10.4 Å². The lowest BCUT2D eigenvalue weighted by atomic mass is 10.1. The van der Waals surface area contributed by atoms with Gasteiger partial charge in [0.05, 0.1) is 11.8 Å². The molecule has 0 spiro atoms. The smallest absolute Gasteiger partial charge is 0.169 e. The van der Waals surface area contributed by atoms with Crippen molar-refractivity contribution >= 4 is 5.82 Å². The van der Waals surface area contributed by atoms with Gasteiger partial charge in [-0.3, -0.25) is 0 Å². The minimum absolute atomic E-state index is 0.567. The Kier molecular flexibility index (Phi) is 3.58. The molecule has 2 rings (SSSR count). The zero-order valence-electron chi connectivity index (χ0n) is 10.4. The molecule has 1 saturated carbocycles. The van der Waals surface area contributed by atoms with Gasteiger partial charge in [0, 0.05) is 12.6 Å². The number of nitriles is 1. The molecule has 0 aromatic carbocycles. The lowest BCUT2D eigenvalue weighted by molar-refractivity contribution is 0.567. The van der Waals surface area contributed by atoms with Crippen molar-refractivity contribution in [3.05, 3.63) is 17.8 Å². The number of anilines is 1. The Labute approximate surface area is 102 Å². The number of hydrogen-bond donors (Lipinski definition) is 0. The zero-order chi connectivity index (χ0) is 12.3. The molecule has 0 bridgehead atoms. The second-order valence-electron chi connectivity index (χ2n) is 4.99. The van der Waals surface area contributed by atoms with Gasteiger partial charge < -0.3 is 4.90 Å². The van der Waals surface area contributed by atoms with Crippen molar-refractivity contribution in [1.82, 2.24) is 10.2 Å². The van der Waals surface area contributed by atoms with Crippen molar-refractivity contribution in [1.29, 1.82) is 5.26 Å². The Bertz CT molecular complexity index is 418. The third-order valence-corrected chi connectivity index (χ3v) is 3.03. The van der Waals surface area contributed by atoms with Gasteiger partial charge in [-0.15, -0.1) is 5.10 Å². The van der Waals surface area contributed by atoms with E-state index in [9.17, 15) is 0 Å². The average molecular weight is 230 g/mol. The molecule has 1 fully saturated rings. The summed E-state index contributed by atoms with van der Waals surface area (Å²) in [4.78, 5) is 2.26. The molecule has 0 N–H and O–H groups in total. The Morgan fingerprint density at radius 3 is 2.88 bits per heavy atom. The maximum Gasteiger partial charge on any atom is 0.169 e. The van der Waals surface area contributed by atoms with Crippen LogP contribution in [0.4, 0.5) is 5.82 Å². The van der Waals surface area contributed by atoms with Gasteiger partial charge in [0.15, 0.2) is 5.82 Å². The molecule has 1 heterocycles. The molecule has 0 aliphatic heterocycles. The molecular weight excluding hydrogens is 212 g/mol. The highest BCUT2D eigenvalue weighted by atomic mass is 15.3. The molecule has 1 aliphatic rings. The normalized spacial score (nSPS) is 14.7. The van der Waals surface area contributed by atoms with Crippen molar-refractivity contribution < 1.29 is 0 Å². The fraction of sp³-hybridized carbons (Fsp3) is 0.615. The lowest BCUT2D eigenvalue weighted by Gasteiger charge is -2.24. The maximum atomic E-state index is 9.10. The van der Waals surface area contributed by atoms with Crippen LogP contribution in [0.1, 0.15) is 38.7 Å². The fourth-order valence-electron chi connectivity index (χ4n) is 1.87. The van der Waals surface area contributed by atoms with E-state index in [1.165, 1.54) is 12.8 Å². The second kappa shape index (κ2) is 5.13. The first kappa shape index (κ1) is 11.8. The van der Waals surface area contributed by atoms with Crippen LogP contribution in [0.2, 0.25) is 0 Å². The van der Waals surface area contributed by atoms with E-state index < -0.39 is 0 Å². The van der Waals surface area contributed by atoms with Gasteiger partial charge in [0.25, 0.3) is 0 Å². The molecule has 0 atom stereocenters. The first-order chi connectivity index (χ1) is 8.22. The molecule has 90 valence electrons. The van der Waals surface area contributed by atoms with E-state index in [-0.39, 0.29) is 0 Å². The number of aromatic nitrogens is 2. The van der Waals surface area contributed by atoms with E-state index in [0.717, 1.165) is 18.8 Å². The van der Waals surface area contributed by atoms with Crippen molar-refractivity contribution in [2.24, 2.45) is 5.92 Å². The summed E-state index contributed by atoms with van der Waals surface area (Å²) < 4.78 is 0. The molecule has 4 nitrogen and oxygen atoms in total. The minimum atomic E-state index is 0.567. The third kappa shape index (κ3) is 2.94. The van der Waals surface area contributed by atoms with Crippen LogP contribution in [0.25, 0.3) is 0 Å². The topological polar surface area (TPSA) is 52.8 Å². The third-order valence-electron chi connectivity index (χ3n) is 3.03. The van der Waals surface area contributed by atoms with Gasteiger partial charge in [-0.1, -0.05) is 13.8 Å². The molecule has 0 saturated heterocycles. The van der Waals surface area contributed by atoms with Crippen molar-refractivity contribution in [2.75, 3.05) is 11.4 Å². The largest absolute Gasteiger partial charge is 0.351 e. The van der Waals surface area contributed by atoms with E-state index in [4.69, 9.17) is 5.26 Å². The highest BCUT2D eigenvalue weighted by Gasteiger charge is 2.31. The Morgan fingerprint density at radius 1 is 1.53 bits per heavy atom. The van der Waals surface area contributed by atoms with Crippen molar-refractivity contribution in [2.45, 2.75) is 39.2 Å². The monoisotopic (exact) mass is 230 g/mol. The van der Waals surface area contributed by atoms with E-state index in [2.05, 4.69) is 35.0 Å². The molecular formula is C13H18N4. The molecule has 1 aromatic heterocycles. The van der Waals surface area contributed by atoms with E-state index in [1.807, 2.05) is 0 Å². The van der Waals surface area contributed by atoms with Gasteiger partial charge in [-0.25, -0.2) is 0 Å². The highest BCUT2D eigenvalue weighted by Crippen LogP contribution is 2.32. The van der Waals surface area contributed by atoms with E-state index in [0.29, 0.717) is 17.5 Å². The molecule has 1 aromatic rings. The summed E-state index contributed by atoms with van der Waals surface area (Å²) in [7, 11) is 0. The molecule has 0 radical (unpaired) electrons. The van der Waals surface area contributed by atoms with Crippen LogP contribution in [0, 0.1) is 17.2 Å². The second-order valence-corrected chi connectivity index (χ2v) is 4.99. The Hall–Kier alpha value is -1.63. The quantitative estimate of drug-likeness (QED) is 0.779. The highest BCUT2D eigenvalue weighted by molar-refractivity contribution is 5.54. The lowest BCUT2D eigenvalue weighted by Crippen LogP contribution is -2.29. The Morgan fingerprint density at radius 2 is 2.29 bits per heavy atom. The van der Waals surface area contributed by atoms with Crippen LogP contribution < -0.4 is 4.90 Å². The summed E-state index contributed by atoms with van der Waals surface area (Å²) in [5.74, 6) is 1.43. The minimum Gasteiger partial charge on any atom is -0.351 e. The van der Waals surface area contributed by atoms with E-state index >= 15 is 0 Å². The summed E-state index contributed by atoms with van der Waals surface area (Å²) >= 11 is 0. The molecule has 1 aliphatic carbocycles. The number of rotatable bonds is 5. The van der Waals surface area contributed by atoms with Crippen LogP contribution in [0.15, 0.2) is 12.3 Å². The predicted molar refractivity (Wildman–Crippen MR) is 66.6 cm³/mol. The van der Waals surface area contributed by atoms with Crippen LogP contribution in [-0.4, -0.2) is 22.8 Å². The average Bonchev–Trinajstić information content (AvgIpc) is 3.14. The number of nitrogens with zero attached hydrogens (tertiary/aromatic N) is 4. The van der Waals surface area contributed by atoms with Gasteiger partial charge in [0.1, 0.15) is 6.07 Å². The van der Waals surface area contributed by atoms with Gasteiger partial charge >= 0.3 is 0 Å². The first-order valence-corrected chi connectivity index (χ1v) is 6.20. The summed E-state index contributed by atoms with van der Waals surface area (Å²) in [6.45, 7) is 5.40. The standard InChI is InChI=1S/C13H18N4/c1-10(2)6-8-17(12-3-4-12)13-11(9-14)5-7-15-16-13/h5,7,10,12H,3-4,6,8H2,1-2H3. The van der Waals surface area contributed by atoms with Gasteiger partial charge in [-0.05, 0) is 31.2 Å². The molecule has 0 unspecified atom stereocenters. The SMILES string of the molecule is CC(C)CCN(c1nnccc1C#N)C1CC1. The molecule has 17 heavy (non-hydrogen) atoms. The first-order valence-electron chi connectivity index (χ1n) is 6.20. The summed E-state index contributed by atoms with van der Waals surface area (Å²) in [6.07, 6.45) is 5.12. The van der Waals surface area contributed by atoms with Gasteiger partial charge in [0.2, 0.25) is 0 Å². The van der Waals surface area contributed by atoms with E-state index in [1.54, 1.807) is 12.3 Å². The maximum absolute atomic E-state index is 9.10. The number of hydrogen-bond acceptors (Lipinski definition) is 4.